The van der Waals surface area contributed by atoms with Crippen molar-refractivity contribution in [2.24, 2.45) is 11.3 Å². The van der Waals surface area contributed by atoms with Gasteiger partial charge in [-0.2, -0.15) is 0 Å². The predicted molar refractivity (Wildman–Crippen MR) is 72.2 cm³/mol. The lowest BCUT2D eigenvalue weighted by Crippen LogP contribution is -2.62. The Labute approximate surface area is 107 Å². The molecule has 2 nitrogen and oxygen atoms in total. The van der Waals surface area contributed by atoms with Crippen molar-refractivity contribution in [3.8, 4) is 0 Å². The zero-order valence-electron chi connectivity index (χ0n) is 12.0. The van der Waals surface area contributed by atoms with Gasteiger partial charge in [0.15, 0.2) is 0 Å². The molecule has 2 heteroatoms. The third-order valence-corrected chi connectivity index (χ3v) is 5.16. The predicted octanol–water partition coefficient (Wildman–Crippen LogP) is 3.36. The molecule has 0 aromatic heterocycles. The summed E-state index contributed by atoms with van der Waals surface area (Å²) in [6.07, 6.45) is 8.60. The van der Waals surface area contributed by atoms with Crippen molar-refractivity contribution >= 4 is 0 Å². The molecular weight excluding hydrogens is 210 g/mol. The maximum Gasteiger partial charge on any atom is 0.0652 e. The van der Waals surface area contributed by atoms with Crippen LogP contribution in [0.1, 0.15) is 59.3 Å². The second kappa shape index (κ2) is 5.27. The highest BCUT2D eigenvalue weighted by molar-refractivity contribution is 5.03. The van der Waals surface area contributed by atoms with E-state index in [2.05, 4.69) is 26.1 Å². The number of ether oxygens (including phenoxy) is 1. The summed E-state index contributed by atoms with van der Waals surface area (Å²) in [5, 5.41) is 3.89. The van der Waals surface area contributed by atoms with Crippen LogP contribution in [0.5, 0.6) is 0 Å². The number of rotatable bonds is 3. The minimum absolute atomic E-state index is 0.312. The zero-order chi connectivity index (χ0) is 12.5. The molecule has 0 heterocycles. The lowest BCUT2D eigenvalue weighted by Gasteiger charge is -2.52. The highest BCUT2D eigenvalue weighted by Gasteiger charge is 2.48. The maximum atomic E-state index is 5.52. The summed E-state index contributed by atoms with van der Waals surface area (Å²) in [4.78, 5) is 0. The van der Waals surface area contributed by atoms with Gasteiger partial charge in [0, 0.05) is 24.6 Å². The Morgan fingerprint density at radius 2 is 1.88 bits per heavy atom. The second-order valence-corrected chi connectivity index (χ2v) is 6.81. The maximum absolute atomic E-state index is 5.52. The molecule has 2 saturated carbocycles. The zero-order valence-corrected chi connectivity index (χ0v) is 12.0. The molecule has 2 aliphatic carbocycles. The first-order valence-corrected chi connectivity index (χ1v) is 7.33. The van der Waals surface area contributed by atoms with Crippen molar-refractivity contribution in [1.82, 2.24) is 5.32 Å². The van der Waals surface area contributed by atoms with Crippen LogP contribution in [0.4, 0.5) is 0 Å². The van der Waals surface area contributed by atoms with Crippen LogP contribution in [0.15, 0.2) is 0 Å². The van der Waals surface area contributed by atoms with E-state index in [0.29, 0.717) is 17.6 Å². The molecule has 0 radical (unpaired) electrons. The van der Waals surface area contributed by atoms with Crippen LogP contribution in [0.3, 0.4) is 0 Å². The second-order valence-electron chi connectivity index (χ2n) is 6.81. The monoisotopic (exact) mass is 239 g/mol. The molecule has 0 aromatic rings. The molecule has 0 bridgehead atoms. The van der Waals surface area contributed by atoms with Crippen molar-refractivity contribution in [2.45, 2.75) is 77.5 Å². The highest BCUT2D eigenvalue weighted by Crippen LogP contribution is 2.43. The average Bonchev–Trinajstić information content (AvgIpc) is 2.49. The first-order chi connectivity index (χ1) is 8.04. The van der Waals surface area contributed by atoms with Gasteiger partial charge in [-0.25, -0.2) is 0 Å². The van der Waals surface area contributed by atoms with Gasteiger partial charge in [0.1, 0.15) is 0 Å². The summed E-state index contributed by atoms with van der Waals surface area (Å²) in [6.45, 7) is 7.07. The van der Waals surface area contributed by atoms with E-state index in [1.165, 1.54) is 38.5 Å². The molecule has 2 fully saturated rings. The Kier molecular flexibility index (Phi) is 4.14. The highest BCUT2D eigenvalue weighted by atomic mass is 16.5. The third-order valence-electron chi connectivity index (χ3n) is 5.16. The first-order valence-electron chi connectivity index (χ1n) is 7.33. The summed E-state index contributed by atoms with van der Waals surface area (Å²) in [6, 6.07) is 1.41. The van der Waals surface area contributed by atoms with Crippen LogP contribution in [-0.2, 0) is 4.74 Å². The van der Waals surface area contributed by atoms with E-state index in [0.717, 1.165) is 12.0 Å². The van der Waals surface area contributed by atoms with Crippen LogP contribution in [-0.4, -0.2) is 25.3 Å². The van der Waals surface area contributed by atoms with Crippen LogP contribution in [0.25, 0.3) is 0 Å². The molecule has 2 aliphatic rings. The Hall–Kier alpha value is -0.0800. The Morgan fingerprint density at radius 1 is 1.12 bits per heavy atom. The number of hydrogen-bond donors (Lipinski definition) is 1. The molecule has 0 amide bonds. The van der Waals surface area contributed by atoms with Gasteiger partial charge in [-0.05, 0) is 31.6 Å². The van der Waals surface area contributed by atoms with E-state index in [-0.39, 0.29) is 0 Å². The van der Waals surface area contributed by atoms with Crippen molar-refractivity contribution in [2.75, 3.05) is 7.11 Å². The summed E-state index contributed by atoms with van der Waals surface area (Å²) in [5.41, 5.74) is 0.312. The van der Waals surface area contributed by atoms with Crippen LogP contribution < -0.4 is 5.32 Å². The molecule has 2 rings (SSSR count). The number of hydrogen-bond acceptors (Lipinski definition) is 2. The van der Waals surface area contributed by atoms with Gasteiger partial charge in [-0.15, -0.1) is 0 Å². The fourth-order valence-corrected chi connectivity index (χ4v) is 3.51. The summed E-state index contributed by atoms with van der Waals surface area (Å²) in [5.74, 6) is 0.933. The van der Waals surface area contributed by atoms with Crippen LogP contribution in [0.2, 0.25) is 0 Å². The van der Waals surface area contributed by atoms with E-state index >= 15 is 0 Å². The van der Waals surface area contributed by atoms with Gasteiger partial charge in [-0.1, -0.05) is 33.6 Å². The topological polar surface area (TPSA) is 21.3 Å². The first kappa shape index (κ1) is 13.4. The number of methoxy groups -OCH3 is 1. The molecule has 4 unspecified atom stereocenters. The molecule has 1 N–H and O–H groups in total. The molecule has 4 atom stereocenters. The molecule has 0 aromatic carbocycles. The van der Waals surface area contributed by atoms with Crippen molar-refractivity contribution in [1.29, 1.82) is 0 Å². The van der Waals surface area contributed by atoms with Crippen LogP contribution in [0, 0.1) is 11.3 Å². The molecule has 17 heavy (non-hydrogen) atoms. The Bertz CT molecular complexity index is 251. The summed E-state index contributed by atoms with van der Waals surface area (Å²) < 4.78 is 5.52. The largest absolute Gasteiger partial charge is 0.381 e. The SMILES string of the molecule is COC1CC(NC2CCCC(C)CC2)C1(C)C. The van der Waals surface area contributed by atoms with Gasteiger partial charge in [0.25, 0.3) is 0 Å². The Morgan fingerprint density at radius 3 is 2.53 bits per heavy atom. The standard InChI is InChI=1S/C15H29NO/c1-11-6-5-7-12(9-8-11)16-13-10-14(17-4)15(13,2)3/h11-14,16H,5-10H2,1-4H3. The average molecular weight is 239 g/mol. The smallest absolute Gasteiger partial charge is 0.0652 e. The number of nitrogens with one attached hydrogen (secondary N) is 1. The molecule has 100 valence electrons. The molecule has 0 saturated heterocycles. The van der Waals surface area contributed by atoms with Crippen molar-refractivity contribution in [3.63, 3.8) is 0 Å². The van der Waals surface area contributed by atoms with E-state index in [1.54, 1.807) is 0 Å². The minimum atomic E-state index is 0.312. The molecular formula is C15H29NO. The normalized spacial score (nSPS) is 41.6. The van der Waals surface area contributed by atoms with E-state index in [4.69, 9.17) is 4.74 Å². The summed E-state index contributed by atoms with van der Waals surface area (Å²) >= 11 is 0. The van der Waals surface area contributed by atoms with Gasteiger partial charge in [0.2, 0.25) is 0 Å². The van der Waals surface area contributed by atoms with Gasteiger partial charge < -0.3 is 10.1 Å². The lowest BCUT2D eigenvalue weighted by molar-refractivity contribution is -0.101. The van der Waals surface area contributed by atoms with Crippen LogP contribution >= 0.6 is 0 Å². The van der Waals surface area contributed by atoms with Gasteiger partial charge in [0.05, 0.1) is 6.10 Å². The minimum Gasteiger partial charge on any atom is -0.381 e. The van der Waals surface area contributed by atoms with Crippen molar-refractivity contribution in [3.05, 3.63) is 0 Å². The van der Waals surface area contributed by atoms with E-state index in [9.17, 15) is 0 Å². The quantitative estimate of drug-likeness (QED) is 0.763. The fraction of sp³-hybridized carbons (Fsp3) is 1.00. The molecule has 0 spiro atoms. The molecule has 0 aliphatic heterocycles. The third kappa shape index (κ3) is 2.85. The van der Waals surface area contributed by atoms with Gasteiger partial charge in [-0.3, -0.25) is 0 Å². The van der Waals surface area contributed by atoms with E-state index in [1.807, 2.05) is 7.11 Å². The van der Waals surface area contributed by atoms with E-state index < -0.39 is 0 Å². The fourth-order valence-electron chi connectivity index (χ4n) is 3.51. The van der Waals surface area contributed by atoms with Crippen molar-refractivity contribution < 1.29 is 4.74 Å². The van der Waals surface area contributed by atoms with Gasteiger partial charge >= 0.3 is 0 Å². The summed E-state index contributed by atoms with van der Waals surface area (Å²) in [7, 11) is 1.84. The lowest BCUT2D eigenvalue weighted by atomic mass is 9.64. The Balaban J connectivity index is 1.82.